The predicted octanol–water partition coefficient (Wildman–Crippen LogP) is 10.5. The molecule has 0 fully saturated rings. The zero-order valence-corrected chi connectivity index (χ0v) is 21.8. The van der Waals surface area contributed by atoms with Crippen molar-refractivity contribution in [3.8, 4) is 16.8 Å². The highest BCUT2D eigenvalue weighted by molar-refractivity contribution is 6.15. The molecule has 2 heterocycles. The Kier molecular flexibility index (Phi) is 5.53. The SMILES string of the molecule is C=C/C=C(\C=C/C)c1ccc2c(c1)c1cc(-c3ccccc3)ccc1n2-c1cccc2oc3ccccc3c12. The average Bonchev–Trinajstić information content (AvgIpc) is 3.52. The van der Waals surface area contributed by atoms with E-state index in [1.165, 1.54) is 27.4 Å². The van der Waals surface area contributed by atoms with Crippen molar-refractivity contribution in [1.29, 1.82) is 0 Å². The summed E-state index contributed by atoms with van der Waals surface area (Å²) < 4.78 is 8.65. The largest absolute Gasteiger partial charge is 0.456 e. The maximum absolute atomic E-state index is 6.26. The molecule has 0 atom stereocenters. The zero-order valence-electron chi connectivity index (χ0n) is 21.8. The van der Waals surface area contributed by atoms with E-state index >= 15 is 0 Å². The Hall–Kier alpha value is -5.08. The van der Waals surface area contributed by atoms with Crippen molar-refractivity contribution < 1.29 is 4.42 Å². The summed E-state index contributed by atoms with van der Waals surface area (Å²) in [6.07, 6.45) is 8.12. The minimum absolute atomic E-state index is 0.894. The highest BCUT2D eigenvalue weighted by Gasteiger charge is 2.18. The van der Waals surface area contributed by atoms with Gasteiger partial charge in [0.15, 0.2) is 0 Å². The Balaban J connectivity index is 1.59. The first-order chi connectivity index (χ1) is 19.3. The molecular weight excluding hydrogens is 474 g/mol. The van der Waals surface area contributed by atoms with Gasteiger partial charge < -0.3 is 8.98 Å². The molecule has 5 aromatic carbocycles. The lowest BCUT2D eigenvalue weighted by atomic mass is 10.00. The van der Waals surface area contributed by atoms with Gasteiger partial charge in [0, 0.05) is 16.2 Å². The molecule has 0 aliphatic rings. The minimum atomic E-state index is 0.894. The third-order valence-electron chi connectivity index (χ3n) is 7.47. The van der Waals surface area contributed by atoms with E-state index in [-0.39, 0.29) is 0 Å². The normalized spacial score (nSPS) is 12.4. The van der Waals surface area contributed by atoms with Crippen molar-refractivity contribution >= 4 is 49.3 Å². The van der Waals surface area contributed by atoms with Gasteiger partial charge in [-0.1, -0.05) is 97.6 Å². The van der Waals surface area contributed by atoms with Crippen molar-refractivity contribution in [2.45, 2.75) is 6.92 Å². The lowest BCUT2D eigenvalue weighted by Crippen LogP contribution is -1.95. The van der Waals surface area contributed by atoms with E-state index in [2.05, 4.69) is 126 Å². The summed E-state index contributed by atoms with van der Waals surface area (Å²) in [5.41, 5.74) is 9.96. The Morgan fingerprint density at radius 3 is 2.26 bits per heavy atom. The molecule has 0 saturated carbocycles. The van der Waals surface area contributed by atoms with E-state index in [1.807, 2.05) is 25.1 Å². The van der Waals surface area contributed by atoms with Crippen molar-refractivity contribution in [2.24, 2.45) is 0 Å². The van der Waals surface area contributed by atoms with E-state index < -0.39 is 0 Å². The molecule has 0 bridgehead atoms. The number of fused-ring (bicyclic) bond motifs is 6. The van der Waals surface area contributed by atoms with Crippen LogP contribution in [-0.2, 0) is 0 Å². The Bertz CT molecular complexity index is 2080. The molecule has 2 nitrogen and oxygen atoms in total. The molecule has 186 valence electrons. The van der Waals surface area contributed by atoms with Crippen molar-refractivity contribution in [3.63, 3.8) is 0 Å². The van der Waals surface area contributed by atoms with Gasteiger partial charge in [-0.05, 0) is 71.7 Å². The monoisotopic (exact) mass is 501 g/mol. The van der Waals surface area contributed by atoms with E-state index in [0.29, 0.717) is 0 Å². The number of rotatable bonds is 5. The number of hydrogen-bond donors (Lipinski definition) is 0. The highest BCUT2D eigenvalue weighted by Crippen LogP contribution is 2.40. The van der Waals surface area contributed by atoms with Gasteiger partial charge in [-0.2, -0.15) is 0 Å². The van der Waals surface area contributed by atoms with Crippen LogP contribution in [0.5, 0.6) is 0 Å². The number of benzene rings is 5. The second kappa shape index (κ2) is 9.34. The van der Waals surface area contributed by atoms with Crippen LogP contribution in [0.25, 0.3) is 66.1 Å². The molecular formula is C37H27NO. The van der Waals surface area contributed by atoms with Crippen LogP contribution in [0.4, 0.5) is 0 Å². The van der Waals surface area contributed by atoms with Gasteiger partial charge in [0.2, 0.25) is 0 Å². The molecule has 0 saturated heterocycles. The molecule has 0 spiro atoms. The van der Waals surface area contributed by atoms with E-state index in [0.717, 1.165) is 44.3 Å². The number of hydrogen-bond acceptors (Lipinski definition) is 1. The van der Waals surface area contributed by atoms with Crippen LogP contribution in [0, 0.1) is 0 Å². The molecule has 2 heteroatoms. The quantitative estimate of drug-likeness (QED) is 0.215. The standard InChI is InChI=1S/C37H27NO/c1-3-11-25(12-4-2)27-19-21-32-30(23-27)31-24-28(26-13-6-5-7-14-26)20-22-33(31)38(32)34-16-10-18-36-37(34)29-15-8-9-17-35(29)39-36/h3-24H,1H2,2H3/b12-4-,25-11+. The fourth-order valence-corrected chi connectivity index (χ4v) is 5.77. The number of allylic oxidation sites excluding steroid dienone is 5. The Morgan fingerprint density at radius 2 is 1.44 bits per heavy atom. The van der Waals surface area contributed by atoms with Gasteiger partial charge in [-0.15, -0.1) is 0 Å². The topological polar surface area (TPSA) is 18.1 Å². The first-order valence-electron chi connectivity index (χ1n) is 13.3. The molecule has 0 aliphatic heterocycles. The number of aromatic nitrogens is 1. The van der Waals surface area contributed by atoms with Crippen molar-refractivity contribution in [2.75, 3.05) is 0 Å². The molecule has 0 radical (unpaired) electrons. The molecule has 0 amide bonds. The van der Waals surface area contributed by atoms with Crippen LogP contribution < -0.4 is 0 Å². The summed E-state index contributed by atoms with van der Waals surface area (Å²) in [5.74, 6) is 0. The lowest BCUT2D eigenvalue weighted by Gasteiger charge is -2.10. The van der Waals surface area contributed by atoms with Gasteiger partial charge in [0.25, 0.3) is 0 Å². The summed E-state index contributed by atoms with van der Waals surface area (Å²) in [5, 5.41) is 4.69. The van der Waals surface area contributed by atoms with E-state index in [1.54, 1.807) is 0 Å². The summed E-state index contributed by atoms with van der Waals surface area (Å²) in [6.45, 7) is 5.98. The molecule has 0 unspecified atom stereocenters. The summed E-state index contributed by atoms with van der Waals surface area (Å²) in [6, 6.07) is 38.8. The van der Waals surface area contributed by atoms with Gasteiger partial charge in [-0.25, -0.2) is 0 Å². The van der Waals surface area contributed by atoms with Gasteiger partial charge in [0.1, 0.15) is 11.2 Å². The van der Waals surface area contributed by atoms with Crippen molar-refractivity contribution in [3.05, 3.63) is 146 Å². The number of furan rings is 1. The number of para-hydroxylation sites is 1. The molecule has 7 aromatic rings. The third kappa shape index (κ3) is 3.72. The van der Waals surface area contributed by atoms with Crippen molar-refractivity contribution in [1.82, 2.24) is 4.57 Å². The van der Waals surface area contributed by atoms with E-state index in [9.17, 15) is 0 Å². The first-order valence-corrected chi connectivity index (χ1v) is 13.3. The first kappa shape index (κ1) is 23.1. The van der Waals surface area contributed by atoms with Crippen LogP contribution >= 0.6 is 0 Å². The molecule has 2 aromatic heterocycles. The predicted molar refractivity (Wildman–Crippen MR) is 166 cm³/mol. The highest BCUT2D eigenvalue weighted by atomic mass is 16.3. The van der Waals surface area contributed by atoms with Crippen LogP contribution in [0.15, 0.2) is 144 Å². The van der Waals surface area contributed by atoms with E-state index in [4.69, 9.17) is 4.42 Å². The second-order valence-corrected chi connectivity index (χ2v) is 9.77. The van der Waals surface area contributed by atoms with Crippen LogP contribution in [0.2, 0.25) is 0 Å². The van der Waals surface area contributed by atoms with Crippen LogP contribution in [-0.4, -0.2) is 4.57 Å². The Labute approximate surface area is 227 Å². The molecule has 39 heavy (non-hydrogen) atoms. The van der Waals surface area contributed by atoms with Gasteiger partial charge >= 0.3 is 0 Å². The lowest BCUT2D eigenvalue weighted by molar-refractivity contribution is 0.669. The maximum Gasteiger partial charge on any atom is 0.137 e. The molecule has 7 rings (SSSR count). The number of nitrogens with zero attached hydrogens (tertiary/aromatic N) is 1. The molecule has 0 aliphatic carbocycles. The summed E-state index contributed by atoms with van der Waals surface area (Å²) in [4.78, 5) is 0. The van der Waals surface area contributed by atoms with Gasteiger partial charge in [-0.3, -0.25) is 0 Å². The fraction of sp³-hybridized carbons (Fsp3) is 0.0270. The smallest absolute Gasteiger partial charge is 0.137 e. The fourth-order valence-electron chi connectivity index (χ4n) is 5.77. The maximum atomic E-state index is 6.26. The molecule has 0 N–H and O–H groups in total. The minimum Gasteiger partial charge on any atom is -0.456 e. The summed E-state index contributed by atoms with van der Waals surface area (Å²) in [7, 11) is 0. The summed E-state index contributed by atoms with van der Waals surface area (Å²) >= 11 is 0. The van der Waals surface area contributed by atoms with Crippen LogP contribution in [0.1, 0.15) is 12.5 Å². The average molecular weight is 502 g/mol. The Morgan fingerprint density at radius 1 is 0.692 bits per heavy atom. The van der Waals surface area contributed by atoms with Crippen LogP contribution in [0.3, 0.4) is 0 Å². The zero-order chi connectivity index (χ0) is 26.3. The second-order valence-electron chi connectivity index (χ2n) is 9.77. The van der Waals surface area contributed by atoms with Gasteiger partial charge in [0.05, 0.1) is 22.1 Å². The third-order valence-corrected chi connectivity index (χ3v) is 7.47.